The monoisotopic (exact) mass is 342 g/mol. The highest BCUT2D eigenvalue weighted by atomic mass is 19.1. The van der Waals surface area contributed by atoms with Gasteiger partial charge in [0.25, 0.3) is 5.91 Å². The largest absolute Gasteiger partial charge is 0.457 e. The zero-order valence-electron chi connectivity index (χ0n) is 13.9. The van der Waals surface area contributed by atoms with Gasteiger partial charge in [-0.3, -0.25) is 4.79 Å². The molecule has 6 heteroatoms. The molecule has 0 aliphatic carbocycles. The maximum absolute atomic E-state index is 13.8. The van der Waals surface area contributed by atoms with E-state index in [9.17, 15) is 9.18 Å². The van der Waals surface area contributed by atoms with Crippen molar-refractivity contribution in [1.29, 1.82) is 5.26 Å². The third-order valence-corrected chi connectivity index (χ3v) is 3.37. The minimum atomic E-state index is -0.483. The smallest absolute Gasteiger partial charge is 0.262 e. The van der Waals surface area contributed by atoms with Crippen molar-refractivity contribution < 1.29 is 18.3 Å². The Morgan fingerprint density at radius 1 is 1.36 bits per heavy atom. The highest BCUT2D eigenvalue weighted by Gasteiger charge is 2.12. The molecule has 0 bridgehead atoms. The number of amides is 1. The van der Waals surface area contributed by atoms with Crippen molar-refractivity contribution in [3.05, 3.63) is 53.5 Å². The van der Waals surface area contributed by atoms with Crippen LogP contribution in [0, 0.1) is 17.1 Å². The molecule has 0 radical (unpaired) electrons. The summed E-state index contributed by atoms with van der Waals surface area (Å²) in [4.78, 5) is 12.0. The van der Waals surface area contributed by atoms with E-state index < -0.39 is 11.7 Å². The van der Waals surface area contributed by atoms with Gasteiger partial charge in [0, 0.05) is 25.8 Å². The second-order valence-electron chi connectivity index (χ2n) is 5.16. The number of rotatable bonds is 8. The average Bonchev–Trinajstić information content (AvgIpc) is 3.08. The number of hydrogen-bond acceptors (Lipinski definition) is 4. The van der Waals surface area contributed by atoms with Crippen molar-refractivity contribution in [3.8, 4) is 17.4 Å². The lowest BCUT2D eigenvalue weighted by atomic mass is 10.1. The Kier molecular flexibility index (Phi) is 6.93. The molecule has 0 saturated heterocycles. The van der Waals surface area contributed by atoms with Gasteiger partial charge in [-0.1, -0.05) is 12.1 Å². The summed E-state index contributed by atoms with van der Waals surface area (Å²) in [5, 5.41) is 11.8. The van der Waals surface area contributed by atoms with Crippen LogP contribution in [0.5, 0.6) is 0 Å². The van der Waals surface area contributed by atoms with Gasteiger partial charge in [0.15, 0.2) is 0 Å². The number of nitrogens with one attached hydrogen (secondary N) is 1. The van der Waals surface area contributed by atoms with E-state index in [2.05, 4.69) is 5.32 Å². The number of nitriles is 1. The van der Waals surface area contributed by atoms with Crippen molar-refractivity contribution in [1.82, 2.24) is 5.32 Å². The number of benzene rings is 1. The molecule has 0 aliphatic heterocycles. The van der Waals surface area contributed by atoms with Crippen LogP contribution in [0.15, 0.2) is 46.4 Å². The quantitative estimate of drug-likeness (QED) is 0.452. The summed E-state index contributed by atoms with van der Waals surface area (Å²) in [6.07, 6.45) is 2.00. The number of nitrogens with zero attached hydrogens (tertiary/aromatic N) is 1. The van der Waals surface area contributed by atoms with Gasteiger partial charge < -0.3 is 14.5 Å². The van der Waals surface area contributed by atoms with Crippen LogP contribution in [0.25, 0.3) is 17.4 Å². The van der Waals surface area contributed by atoms with Gasteiger partial charge in [0.2, 0.25) is 0 Å². The van der Waals surface area contributed by atoms with Gasteiger partial charge in [-0.05, 0) is 37.6 Å². The van der Waals surface area contributed by atoms with Gasteiger partial charge in [-0.25, -0.2) is 4.39 Å². The molecule has 1 aromatic heterocycles. The summed E-state index contributed by atoms with van der Waals surface area (Å²) in [6.45, 7) is 3.48. The van der Waals surface area contributed by atoms with Crippen LogP contribution in [0.2, 0.25) is 0 Å². The zero-order valence-corrected chi connectivity index (χ0v) is 13.9. The molecule has 0 fully saturated rings. The minimum absolute atomic E-state index is 0.0779. The Balaban J connectivity index is 2.04. The predicted molar refractivity (Wildman–Crippen MR) is 91.8 cm³/mol. The first-order valence-electron chi connectivity index (χ1n) is 7.98. The van der Waals surface area contributed by atoms with Crippen LogP contribution in [0.4, 0.5) is 4.39 Å². The summed E-state index contributed by atoms with van der Waals surface area (Å²) in [7, 11) is 0. The normalized spacial score (nSPS) is 11.2. The number of carbonyl (C=O) groups is 1. The minimum Gasteiger partial charge on any atom is -0.457 e. The molecule has 5 nitrogen and oxygen atoms in total. The Hall–Kier alpha value is -2.91. The first kappa shape index (κ1) is 18.4. The highest BCUT2D eigenvalue weighted by Crippen LogP contribution is 2.25. The molecule has 0 unspecified atom stereocenters. The van der Waals surface area contributed by atoms with Crippen LogP contribution in [-0.2, 0) is 9.53 Å². The molecule has 0 atom stereocenters. The highest BCUT2D eigenvalue weighted by molar-refractivity contribution is 6.01. The van der Waals surface area contributed by atoms with Crippen molar-refractivity contribution in [2.75, 3.05) is 19.8 Å². The van der Waals surface area contributed by atoms with Crippen LogP contribution < -0.4 is 5.32 Å². The van der Waals surface area contributed by atoms with Crippen molar-refractivity contribution in [2.24, 2.45) is 0 Å². The van der Waals surface area contributed by atoms with Crippen LogP contribution in [0.3, 0.4) is 0 Å². The van der Waals surface area contributed by atoms with Crippen LogP contribution in [0.1, 0.15) is 19.1 Å². The molecule has 1 aromatic carbocycles. The van der Waals surface area contributed by atoms with E-state index in [1.165, 1.54) is 12.1 Å². The van der Waals surface area contributed by atoms with Gasteiger partial charge in [-0.15, -0.1) is 0 Å². The first-order chi connectivity index (χ1) is 12.2. The molecule has 130 valence electrons. The van der Waals surface area contributed by atoms with Crippen LogP contribution in [-0.4, -0.2) is 25.7 Å². The molecular weight excluding hydrogens is 323 g/mol. The molecule has 2 aromatic rings. The standard InChI is InChI=1S/C19H19FN2O3/c1-2-24-11-5-10-22-19(23)14(13-21)12-15-8-9-18(25-15)16-6-3-4-7-17(16)20/h3-4,6-9,12H,2,5,10-11H2,1H3,(H,22,23)/b14-12+. The molecule has 2 rings (SSSR count). The first-order valence-corrected chi connectivity index (χ1v) is 7.98. The van der Waals surface area contributed by atoms with E-state index in [-0.39, 0.29) is 5.57 Å². The van der Waals surface area contributed by atoms with Gasteiger partial charge in [0.05, 0.1) is 5.56 Å². The predicted octanol–water partition coefficient (Wildman–Crippen LogP) is 3.54. The third kappa shape index (κ3) is 5.30. The Morgan fingerprint density at radius 3 is 2.88 bits per heavy atom. The molecule has 25 heavy (non-hydrogen) atoms. The Morgan fingerprint density at radius 2 is 2.16 bits per heavy atom. The second-order valence-corrected chi connectivity index (χ2v) is 5.16. The van der Waals surface area contributed by atoms with E-state index in [0.29, 0.717) is 43.3 Å². The van der Waals surface area contributed by atoms with E-state index in [0.717, 1.165) is 0 Å². The Labute approximate surface area is 145 Å². The maximum Gasteiger partial charge on any atom is 0.262 e. The Bertz CT molecular complexity index is 790. The van der Waals surface area contributed by atoms with Gasteiger partial charge in [0.1, 0.15) is 29.0 Å². The summed E-state index contributed by atoms with van der Waals surface area (Å²) < 4.78 is 24.5. The molecule has 0 spiro atoms. The van der Waals surface area contributed by atoms with Crippen LogP contribution >= 0.6 is 0 Å². The number of halogens is 1. The summed E-state index contributed by atoms with van der Waals surface area (Å²) in [6, 6.07) is 11.3. The van der Waals surface area contributed by atoms with E-state index in [1.54, 1.807) is 30.3 Å². The second kappa shape index (κ2) is 9.40. The lowest BCUT2D eigenvalue weighted by Gasteiger charge is -2.04. The van der Waals surface area contributed by atoms with Crippen molar-refractivity contribution >= 4 is 12.0 Å². The molecule has 0 aliphatic rings. The summed E-state index contributed by atoms with van der Waals surface area (Å²) in [5.74, 6) is -0.249. The van der Waals surface area contributed by atoms with E-state index in [4.69, 9.17) is 14.4 Å². The third-order valence-electron chi connectivity index (χ3n) is 3.37. The van der Waals surface area contributed by atoms with E-state index >= 15 is 0 Å². The van der Waals surface area contributed by atoms with E-state index in [1.807, 2.05) is 13.0 Å². The number of carbonyl (C=O) groups excluding carboxylic acids is 1. The molecule has 0 saturated carbocycles. The maximum atomic E-state index is 13.8. The average molecular weight is 342 g/mol. The molecule has 1 heterocycles. The SMILES string of the molecule is CCOCCCNC(=O)/C(C#N)=C/c1ccc(-c2ccccc2F)o1. The van der Waals surface area contributed by atoms with Crippen molar-refractivity contribution in [3.63, 3.8) is 0 Å². The zero-order chi connectivity index (χ0) is 18.1. The topological polar surface area (TPSA) is 75.3 Å². The fourth-order valence-electron chi connectivity index (χ4n) is 2.14. The van der Waals surface area contributed by atoms with Crippen molar-refractivity contribution in [2.45, 2.75) is 13.3 Å². The molecular formula is C19H19FN2O3. The number of hydrogen-bond donors (Lipinski definition) is 1. The number of furan rings is 1. The number of ether oxygens (including phenoxy) is 1. The lowest BCUT2D eigenvalue weighted by molar-refractivity contribution is -0.117. The fraction of sp³-hybridized carbons (Fsp3) is 0.263. The summed E-state index contributed by atoms with van der Waals surface area (Å²) in [5.41, 5.74) is 0.242. The van der Waals surface area contributed by atoms with Gasteiger partial charge in [-0.2, -0.15) is 5.26 Å². The lowest BCUT2D eigenvalue weighted by Crippen LogP contribution is -2.26. The van der Waals surface area contributed by atoms with Gasteiger partial charge >= 0.3 is 0 Å². The molecule has 1 N–H and O–H groups in total. The summed E-state index contributed by atoms with van der Waals surface area (Å²) >= 11 is 0. The molecule has 1 amide bonds. The fourth-order valence-corrected chi connectivity index (χ4v) is 2.14.